The molecule has 2 nitrogen and oxygen atoms in total. The summed E-state index contributed by atoms with van der Waals surface area (Å²) >= 11 is 5.17. The lowest BCUT2D eigenvalue weighted by molar-refractivity contribution is 0.672. The van der Waals surface area contributed by atoms with Gasteiger partial charge >= 0.3 is 0 Å². The van der Waals surface area contributed by atoms with Crippen molar-refractivity contribution in [2.45, 2.75) is 19.4 Å². The van der Waals surface area contributed by atoms with Crippen LogP contribution in [0.4, 0.5) is 0 Å². The summed E-state index contributed by atoms with van der Waals surface area (Å²) in [6.07, 6.45) is 0.854. The molecule has 1 heterocycles. The lowest BCUT2D eigenvalue weighted by Gasteiger charge is -2.05. The minimum absolute atomic E-state index is 0. The van der Waals surface area contributed by atoms with Crippen molar-refractivity contribution in [1.82, 2.24) is 0 Å². The van der Waals surface area contributed by atoms with Crippen LogP contribution in [-0.2, 0) is 0 Å². The van der Waals surface area contributed by atoms with Crippen molar-refractivity contribution in [3.63, 3.8) is 0 Å². The molecule has 0 aliphatic carbocycles. The van der Waals surface area contributed by atoms with Crippen LogP contribution >= 0.6 is 39.7 Å². The van der Waals surface area contributed by atoms with E-state index in [0.717, 1.165) is 6.42 Å². The van der Waals surface area contributed by atoms with Gasteiger partial charge in [-0.1, -0.05) is 0 Å². The number of halogens is 2. The summed E-state index contributed by atoms with van der Waals surface area (Å²) in [6, 6.07) is 2.22. The summed E-state index contributed by atoms with van der Waals surface area (Å²) in [4.78, 5) is 1.21. The van der Waals surface area contributed by atoms with E-state index in [9.17, 15) is 0 Å². The molecule has 0 aromatic carbocycles. The number of thiophene rings is 1. The van der Waals surface area contributed by atoms with Crippen molar-refractivity contribution in [2.75, 3.05) is 6.54 Å². The van der Waals surface area contributed by atoms with Gasteiger partial charge in [0.1, 0.15) is 0 Å². The smallest absolute Gasteiger partial charge is 0.0731 e. The molecule has 0 saturated heterocycles. The SMILES string of the molecule is Cc1cc([C@H](N)CCN)sc1Br.Cl. The predicted molar refractivity (Wildman–Crippen MR) is 64.6 cm³/mol. The van der Waals surface area contributed by atoms with Crippen LogP contribution in [0.3, 0.4) is 0 Å². The molecule has 0 fully saturated rings. The molecule has 4 N–H and O–H groups in total. The summed E-state index contributed by atoms with van der Waals surface area (Å²) in [6.45, 7) is 2.72. The van der Waals surface area contributed by atoms with Gasteiger partial charge in [0.15, 0.2) is 0 Å². The molecule has 0 aliphatic heterocycles. The molecule has 0 saturated carbocycles. The minimum atomic E-state index is 0. The number of hydrogen-bond donors (Lipinski definition) is 2. The van der Waals surface area contributed by atoms with Gasteiger partial charge in [0, 0.05) is 10.9 Å². The Bertz CT molecular complexity index is 245. The molecule has 1 aromatic rings. The van der Waals surface area contributed by atoms with E-state index >= 15 is 0 Å². The Hall–Kier alpha value is 0.390. The molecule has 1 atom stereocenters. The Morgan fingerprint density at radius 1 is 1.62 bits per heavy atom. The van der Waals surface area contributed by atoms with Crippen LogP contribution in [0.1, 0.15) is 22.9 Å². The van der Waals surface area contributed by atoms with Gasteiger partial charge in [-0.15, -0.1) is 23.7 Å². The second-order valence-electron chi connectivity index (χ2n) is 2.79. The van der Waals surface area contributed by atoms with Gasteiger partial charge in [0.2, 0.25) is 0 Å². The fourth-order valence-corrected chi connectivity index (χ4v) is 2.60. The lowest BCUT2D eigenvalue weighted by Crippen LogP contribution is -2.13. The molecule has 0 amide bonds. The van der Waals surface area contributed by atoms with E-state index < -0.39 is 0 Å². The molecule has 0 aliphatic rings. The lowest BCUT2D eigenvalue weighted by atomic mass is 10.2. The standard InChI is InChI=1S/C8H13BrN2S.ClH/c1-5-4-7(12-8(5)9)6(11)2-3-10;/h4,6H,2-3,10-11H2,1H3;1H/t6-;/m1./s1. The van der Waals surface area contributed by atoms with Crippen LogP contribution in [0.5, 0.6) is 0 Å². The molecule has 5 heteroatoms. The van der Waals surface area contributed by atoms with E-state index in [0.29, 0.717) is 6.54 Å². The van der Waals surface area contributed by atoms with E-state index in [1.807, 2.05) is 0 Å². The van der Waals surface area contributed by atoms with Gasteiger partial charge in [0.25, 0.3) is 0 Å². The monoisotopic (exact) mass is 284 g/mol. The summed E-state index contributed by atoms with van der Waals surface area (Å²) in [5.41, 5.74) is 12.6. The number of hydrogen-bond acceptors (Lipinski definition) is 3. The van der Waals surface area contributed by atoms with Crippen molar-refractivity contribution < 1.29 is 0 Å². The molecule has 0 unspecified atom stereocenters. The molecule has 0 spiro atoms. The third kappa shape index (κ3) is 3.56. The quantitative estimate of drug-likeness (QED) is 0.897. The van der Waals surface area contributed by atoms with Crippen molar-refractivity contribution in [2.24, 2.45) is 11.5 Å². The van der Waals surface area contributed by atoms with Crippen LogP contribution in [0.15, 0.2) is 9.85 Å². The molecule has 13 heavy (non-hydrogen) atoms. The fourth-order valence-electron chi connectivity index (χ4n) is 0.988. The highest BCUT2D eigenvalue weighted by atomic mass is 79.9. The van der Waals surface area contributed by atoms with E-state index in [2.05, 4.69) is 28.9 Å². The second-order valence-corrected chi connectivity index (χ2v) is 5.19. The topological polar surface area (TPSA) is 52.0 Å². The third-order valence-corrected chi connectivity index (χ3v) is 3.99. The van der Waals surface area contributed by atoms with Crippen molar-refractivity contribution >= 4 is 39.7 Å². The first-order chi connectivity index (χ1) is 5.65. The molecule has 0 bridgehead atoms. The Morgan fingerprint density at radius 2 is 2.23 bits per heavy atom. The summed E-state index contributed by atoms with van der Waals surface area (Å²) in [7, 11) is 0. The van der Waals surface area contributed by atoms with Gasteiger partial charge in [-0.2, -0.15) is 0 Å². The van der Waals surface area contributed by atoms with E-state index in [1.54, 1.807) is 11.3 Å². The second kappa shape index (κ2) is 5.98. The maximum absolute atomic E-state index is 5.90. The zero-order chi connectivity index (χ0) is 9.14. The first-order valence-corrected chi connectivity index (χ1v) is 5.47. The van der Waals surface area contributed by atoms with Crippen LogP contribution in [0, 0.1) is 6.92 Å². The zero-order valence-electron chi connectivity index (χ0n) is 7.42. The molecular weight excluding hydrogens is 272 g/mol. The Kier molecular flexibility index (Phi) is 6.16. The predicted octanol–water partition coefficient (Wildman–Crippen LogP) is 2.59. The largest absolute Gasteiger partial charge is 0.330 e. The summed E-state index contributed by atoms with van der Waals surface area (Å²) in [5, 5.41) is 0. The van der Waals surface area contributed by atoms with Gasteiger partial charge < -0.3 is 11.5 Å². The Morgan fingerprint density at radius 3 is 2.62 bits per heavy atom. The van der Waals surface area contributed by atoms with Crippen LogP contribution < -0.4 is 11.5 Å². The Labute approximate surface area is 97.2 Å². The molecule has 1 rings (SSSR count). The average Bonchev–Trinajstić information content (AvgIpc) is 2.33. The Balaban J connectivity index is 0.00000144. The zero-order valence-corrected chi connectivity index (χ0v) is 10.6. The maximum Gasteiger partial charge on any atom is 0.0731 e. The average molecular weight is 286 g/mol. The van der Waals surface area contributed by atoms with Gasteiger partial charge in [-0.25, -0.2) is 0 Å². The molecule has 1 aromatic heterocycles. The van der Waals surface area contributed by atoms with Crippen molar-refractivity contribution in [3.05, 3.63) is 20.3 Å². The van der Waals surface area contributed by atoms with E-state index in [1.165, 1.54) is 14.2 Å². The van der Waals surface area contributed by atoms with Gasteiger partial charge in [-0.3, -0.25) is 0 Å². The van der Waals surface area contributed by atoms with E-state index in [-0.39, 0.29) is 18.4 Å². The van der Waals surface area contributed by atoms with Crippen LogP contribution in [0.25, 0.3) is 0 Å². The molecular formula is C8H14BrClN2S. The molecule has 76 valence electrons. The fraction of sp³-hybridized carbons (Fsp3) is 0.500. The highest BCUT2D eigenvalue weighted by Gasteiger charge is 2.09. The third-order valence-electron chi connectivity index (χ3n) is 1.72. The van der Waals surface area contributed by atoms with Gasteiger partial charge in [-0.05, 0) is 47.4 Å². The summed E-state index contributed by atoms with van der Waals surface area (Å²) in [5.74, 6) is 0. The molecule has 0 radical (unpaired) electrons. The number of aryl methyl sites for hydroxylation is 1. The number of rotatable bonds is 3. The normalized spacial score (nSPS) is 12.3. The van der Waals surface area contributed by atoms with Crippen LogP contribution in [-0.4, -0.2) is 6.54 Å². The number of nitrogens with two attached hydrogens (primary N) is 2. The summed E-state index contributed by atoms with van der Waals surface area (Å²) < 4.78 is 1.17. The maximum atomic E-state index is 5.90. The first-order valence-electron chi connectivity index (χ1n) is 3.86. The van der Waals surface area contributed by atoms with Crippen molar-refractivity contribution in [1.29, 1.82) is 0 Å². The minimum Gasteiger partial charge on any atom is -0.330 e. The van der Waals surface area contributed by atoms with Crippen molar-refractivity contribution in [3.8, 4) is 0 Å². The van der Waals surface area contributed by atoms with Gasteiger partial charge in [0.05, 0.1) is 3.79 Å². The van der Waals surface area contributed by atoms with E-state index in [4.69, 9.17) is 11.5 Å². The van der Waals surface area contributed by atoms with Crippen LogP contribution in [0.2, 0.25) is 0 Å². The highest BCUT2D eigenvalue weighted by Crippen LogP contribution is 2.31. The highest BCUT2D eigenvalue weighted by molar-refractivity contribution is 9.11. The first kappa shape index (κ1) is 13.4.